The van der Waals surface area contributed by atoms with Crippen LogP contribution in [0.25, 0.3) is 0 Å². The number of carbonyl (C=O) groups excluding carboxylic acids is 1. The molecule has 0 unspecified atom stereocenters. The van der Waals surface area contributed by atoms with Crippen molar-refractivity contribution in [2.24, 2.45) is 0 Å². The van der Waals surface area contributed by atoms with Crippen LogP contribution in [0, 0.1) is 0 Å². The molecule has 0 saturated heterocycles. The van der Waals surface area contributed by atoms with Gasteiger partial charge in [0.2, 0.25) is 0 Å². The smallest absolute Gasteiger partial charge is 0.303 e. The number of carboxylic acid groups (broad SMARTS) is 1. The Hall–Kier alpha value is -1.38. The molecule has 1 N–H and O–H groups in total. The van der Waals surface area contributed by atoms with Gasteiger partial charge in [-0.1, -0.05) is 43.6 Å². The molecule has 0 bridgehead atoms. The van der Waals surface area contributed by atoms with Crippen molar-refractivity contribution in [3.05, 3.63) is 24.3 Å². The van der Waals surface area contributed by atoms with E-state index in [9.17, 15) is 9.59 Å². The van der Waals surface area contributed by atoms with Crippen LogP contribution >= 0.6 is 0 Å². The van der Waals surface area contributed by atoms with Gasteiger partial charge in [0.15, 0.2) is 0 Å². The molecule has 3 nitrogen and oxygen atoms in total. The third-order valence-electron chi connectivity index (χ3n) is 2.60. The highest BCUT2D eigenvalue weighted by Gasteiger charge is 1.95. The van der Waals surface area contributed by atoms with Crippen molar-refractivity contribution in [3.63, 3.8) is 0 Å². The average Bonchev–Trinajstić information content (AvgIpc) is 2.34. The lowest BCUT2D eigenvalue weighted by atomic mass is 10.1. The highest BCUT2D eigenvalue weighted by atomic mass is 16.4. The summed E-state index contributed by atoms with van der Waals surface area (Å²) in [6.45, 7) is 0. The Morgan fingerprint density at radius 3 is 2.17 bits per heavy atom. The normalized spacial score (nSPS) is 11.3. The van der Waals surface area contributed by atoms with Gasteiger partial charge in [-0.25, -0.2) is 0 Å². The van der Waals surface area contributed by atoms with Gasteiger partial charge in [0.05, 0.1) is 0 Å². The van der Waals surface area contributed by atoms with Gasteiger partial charge in [-0.2, -0.15) is 0 Å². The molecule has 0 heterocycles. The molecule has 102 valence electrons. The summed E-state index contributed by atoms with van der Waals surface area (Å²) in [7, 11) is 0. The molecule has 0 atom stereocenters. The van der Waals surface area contributed by atoms with E-state index in [2.05, 4.69) is 12.2 Å². The Morgan fingerprint density at radius 2 is 1.44 bits per heavy atom. The summed E-state index contributed by atoms with van der Waals surface area (Å²) in [5.41, 5.74) is 0. The minimum atomic E-state index is -0.694. The lowest BCUT2D eigenvalue weighted by Crippen LogP contribution is -1.93. The molecule has 3 heteroatoms. The van der Waals surface area contributed by atoms with Gasteiger partial charge in [-0.15, -0.1) is 0 Å². The van der Waals surface area contributed by atoms with Crippen molar-refractivity contribution < 1.29 is 14.7 Å². The maximum Gasteiger partial charge on any atom is 0.303 e. The number of hydrogen-bond donors (Lipinski definition) is 1. The van der Waals surface area contributed by atoms with E-state index in [1.807, 2.05) is 12.2 Å². The number of aldehydes is 1. The minimum Gasteiger partial charge on any atom is -0.481 e. The predicted molar refractivity (Wildman–Crippen MR) is 73.5 cm³/mol. The minimum absolute atomic E-state index is 0.299. The molecule has 0 aromatic rings. The Balaban J connectivity index is 3.17. The summed E-state index contributed by atoms with van der Waals surface area (Å²) < 4.78 is 0. The summed E-state index contributed by atoms with van der Waals surface area (Å²) in [5, 5.41) is 8.46. The Kier molecular flexibility index (Phi) is 12.6. The second-order valence-corrected chi connectivity index (χ2v) is 4.28. The van der Waals surface area contributed by atoms with Crippen LogP contribution in [-0.4, -0.2) is 17.4 Å². The van der Waals surface area contributed by atoms with E-state index in [4.69, 9.17) is 5.11 Å². The van der Waals surface area contributed by atoms with Crippen molar-refractivity contribution in [3.8, 4) is 0 Å². The van der Waals surface area contributed by atoms with E-state index < -0.39 is 5.97 Å². The van der Waals surface area contributed by atoms with Gasteiger partial charge in [0.25, 0.3) is 0 Å². The lowest BCUT2D eigenvalue weighted by Gasteiger charge is -1.98. The van der Waals surface area contributed by atoms with Crippen LogP contribution in [-0.2, 0) is 9.59 Å². The summed E-state index contributed by atoms with van der Waals surface area (Å²) in [6, 6.07) is 0. The van der Waals surface area contributed by atoms with Crippen LogP contribution < -0.4 is 0 Å². The number of unbranched alkanes of at least 4 members (excludes halogenated alkanes) is 5. The Bertz CT molecular complexity index is 267. The maximum absolute atomic E-state index is 10.3. The van der Waals surface area contributed by atoms with Crippen LogP contribution in [0.2, 0.25) is 0 Å². The standard InChI is InChI=1S/C15H24O3/c16-14-12-10-8-6-4-2-1-3-5-7-9-11-13-15(17)18/h2,4,8,10,14H,1,3,5-7,9,11-13H2,(H,17,18)/b4-2-,10-8-. The zero-order valence-electron chi connectivity index (χ0n) is 11.0. The molecule has 0 aliphatic rings. The van der Waals surface area contributed by atoms with Crippen molar-refractivity contribution in [2.45, 2.75) is 57.8 Å². The first-order chi connectivity index (χ1) is 8.77. The average molecular weight is 252 g/mol. The van der Waals surface area contributed by atoms with E-state index in [1.165, 1.54) is 12.8 Å². The first kappa shape index (κ1) is 16.6. The van der Waals surface area contributed by atoms with Crippen LogP contribution in [0.1, 0.15) is 57.8 Å². The van der Waals surface area contributed by atoms with E-state index in [0.717, 1.165) is 38.4 Å². The molecule has 18 heavy (non-hydrogen) atoms. The fourth-order valence-electron chi connectivity index (χ4n) is 1.61. The predicted octanol–water partition coefficient (Wildman–Crippen LogP) is 3.89. The third kappa shape index (κ3) is 14.6. The number of allylic oxidation sites excluding steroid dienone is 4. The third-order valence-corrected chi connectivity index (χ3v) is 2.60. The van der Waals surface area contributed by atoms with Crippen LogP contribution in [0.15, 0.2) is 24.3 Å². The maximum atomic E-state index is 10.3. The van der Waals surface area contributed by atoms with Crippen molar-refractivity contribution >= 4 is 12.3 Å². The van der Waals surface area contributed by atoms with Crippen molar-refractivity contribution in [1.82, 2.24) is 0 Å². The molecule has 0 aliphatic carbocycles. The molecule has 0 aromatic heterocycles. The number of aliphatic carboxylic acids is 1. The number of hydrogen-bond acceptors (Lipinski definition) is 2. The summed E-state index contributed by atoms with van der Waals surface area (Å²) >= 11 is 0. The molecule has 0 aromatic carbocycles. The van der Waals surface area contributed by atoms with Gasteiger partial charge in [-0.05, 0) is 25.7 Å². The van der Waals surface area contributed by atoms with Crippen LogP contribution in [0.3, 0.4) is 0 Å². The largest absolute Gasteiger partial charge is 0.481 e. The molecule has 0 rings (SSSR count). The lowest BCUT2D eigenvalue weighted by molar-refractivity contribution is -0.137. The Morgan fingerprint density at radius 1 is 0.833 bits per heavy atom. The van der Waals surface area contributed by atoms with E-state index in [0.29, 0.717) is 12.8 Å². The molecular formula is C15H24O3. The molecule has 0 amide bonds. The molecule has 0 radical (unpaired) electrons. The molecular weight excluding hydrogens is 228 g/mol. The summed E-state index contributed by atoms with van der Waals surface area (Å²) in [4.78, 5) is 20.3. The Labute approximate surface area is 110 Å². The summed E-state index contributed by atoms with van der Waals surface area (Å²) in [5.74, 6) is -0.694. The van der Waals surface area contributed by atoms with E-state index in [-0.39, 0.29) is 0 Å². The van der Waals surface area contributed by atoms with Crippen LogP contribution in [0.5, 0.6) is 0 Å². The monoisotopic (exact) mass is 252 g/mol. The van der Waals surface area contributed by atoms with Gasteiger partial charge < -0.3 is 9.90 Å². The molecule has 0 aliphatic heterocycles. The van der Waals surface area contributed by atoms with Gasteiger partial charge >= 0.3 is 5.97 Å². The zero-order chi connectivity index (χ0) is 13.5. The van der Waals surface area contributed by atoms with Gasteiger partial charge in [0, 0.05) is 12.8 Å². The summed E-state index contributed by atoms with van der Waals surface area (Å²) in [6.07, 6.45) is 17.1. The van der Waals surface area contributed by atoms with Gasteiger partial charge in [-0.3, -0.25) is 4.79 Å². The zero-order valence-corrected chi connectivity index (χ0v) is 11.0. The SMILES string of the molecule is O=CC/C=C\C/C=C\CCCCCCCC(=O)O. The molecule has 0 spiro atoms. The fourth-order valence-corrected chi connectivity index (χ4v) is 1.61. The quantitative estimate of drug-likeness (QED) is 0.325. The van der Waals surface area contributed by atoms with E-state index >= 15 is 0 Å². The molecule has 0 fully saturated rings. The fraction of sp³-hybridized carbons (Fsp3) is 0.600. The number of rotatable bonds is 12. The van der Waals surface area contributed by atoms with E-state index in [1.54, 1.807) is 0 Å². The number of carboxylic acids is 1. The number of carbonyl (C=O) groups is 2. The first-order valence-electron chi connectivity index (χ1n) is 6.72. The second kappa shape index (κ2) is 13.7. The van der Waals surface area contributed by atoms with Crippen LogP contribution in [0.4, 0.5) is 0 Å². The highest BCUT2D eigenvalue weighted by molar-refractivity contribution is 5.66. The van der Waals surface area contributed by atoms with Crippen molar-refractivity contribution in [1.29, 1.82) is 0 Å². The highest BCUT2D eigenvalue weighted by Crippen LogP contribution is 2.07. The van der Waals surface area contributed by atoms with Gasteiger partial charge in [0.1, 0.15) is 6.29 Å². The second-order valence-electron chi connectivity index (χ2n) is 4.28. The molecule has 0 saturated carbocycles. The first-order valence-corrected chi connectivity index (χ1v) is 6.72. The van der Waals surface area contributed by atoms with Crippen molar-refractivity contribution in [2.75, 3.05) is 0 Å². The topological polar surface area (TPSA) is 54.4 Å².